The van der Waals surface area contributed by atoms with Crippen molar-refractivity contribution < 1.29 is 34.8 Å². The Morgan fingerprint density at radius 3 is 2.39 bits per heavy atom. The number of carbonyl (C=O) groups is 3. The van der Waals surface area contributed by atoms with E-state index < -0.39 is 63.8 Å². The van der Waals surface area contributed by atoms with Crippen molar-refractivity contribution in [3.05, 3.63) is 34.1 Å². The number of fused-ring (bicyclic) bond motifs is 3. The number of nitrogen functional groups attached to an aromatic ring is 1. The number of anilines is 2. The zero-order chi connectivity index (χ0) is 26.9. The first kappa shape index (κ1) is 25.5. The average molecular weight is 501 g/mol. The van der Waals surface area contributed by atoms with Crippen LogP contribution >= 0.6 is 0 Å². The number of carbonyl (C=O) groups excluding carboxylic acids is 3. The normalized spacial score (nSPS) is 27.7. The number of nitrogens with zero attached hydrogens (tertiary/aromatic N) is 2. The Morgan fingerprint density at radius 1 is 1.19 bits per heavy atom. The molecule has 0 aromatic heterocycles. The Labute approximate surface area is 208 Å². The summed E-state index contributed by atoms with van der Waals surface area (Å²) in [6.07, 6.45) is 1.08. The van der Waals surface area contributed by atoms with E-state index in [2.05, 4.69) is 0 Å². The molecule has 0 heterocycles. The average Bonchev–Trinajstić information content (AvgIpc) is 2.78. The molecule has 1 aromatic rings. The quantitative estimate of drug-likeness (QED) is 0.187. The molecule has 194 valence electrons. The van der Waals surface area contributed by atoms with E-state index in [1.54, 1.807) is 20.2 Å². The largest absolute Gasteiger partial charge is 0.508 e. The van der Waals surface area contributed by atoms with E-state index >= 15 is 0 Å². The van der Waals surface area contributed by atoms with Gasteiger partial charge in [0, 0.05) is 30.8 Å². The third-order valence-electron chi connectivity index (χ3n) is 7.70. The van der Waals surface area contributed by atoms with Crippen molar-refractivity contribution in [3.8, 4) is 5.75 Å². The fourth-order valence-corrected chi connectivity index (χ4v) is 6.11. The number of phenolic OH excluding ortho intramolecular Hbond substituents is 1. The lowest BCUT2D eigenvalue weighted by atomic mass is 9.57. The number of primary amides is 1. The molecule has 11 heteroatoms. The molecule has 11 nitrogen and oxygen atoms in total. The number of hydrogen-bond acceptors (Lipinski definition) is 10. The first-order valence-corrected chi connectivity index (χ1v) is 11.8. The summed E-state index contributed by atoms with van der Waals surface area (Å²) in [6.45, 7) is 2.68. The third-order valence-corrected chi connectivity index (χ3v) is 7.70. The van der Waals surface area contributed by atoms with E-state index in [1.165, 1.54) is 4.90 Å². The van der Waals surface area contributed by atoms with Crippen molar-refractivity contribution in [2.45, 2.75) is 37.8 Å². The molecule has 4 atom stereocenters. The van der Waals surface area contributed by atoms with Crippen molar-refractivity contribution in [2.24, 2.45) is 17.6 Å². The lowest BCUT2D eigenvalue weighted by Crippen LogP contribution is -2.65. The number of phenols is 1. The zero-order valence-corrected chi connectivity index (χ0v) is 20.7. The van der Waals surface area contributed by atoms with Crippen molar-refractivity contribution in [3.63, 3.8) is 0 Å². The molecule has 3 aliphatic rings. The van der Waals surface area contributed by atoms with Gasteiger partial charge in [-0.2, -0.15) is 0 Å². The molecule has 8 N–H and O–H groups in total. The van der Waals surface area contributed by atoms with Crippen LogP contribution in [0.15, 0.2) is 23.0 Å². The second kappa shape index (κ2) is 8.52. The maximum atomic E-state index is 13.8. The van der Waals surface area contributed by atoms with Gasteiger partial charge in [-0.05, 0) is 50.9 Å². The number of aliphatic hydroxyl groups is 3. The number of amides is 1. The molecule has 36 heavy (non-hydrogen) atoms. The Morgan fingerprint density at radius 2 is 1.83 bits per heavy atom. The van der Waals surface area contributed by atoms with Gasteiger partial charge < -0.3 is 36.8 Å². The summed E-state index contributed by atoms with van der Waals surface area (Å²) < 4.78 is 0. The second-order valence-corrected chi connectivity index (χ2v) is 10.1. The van der Waals surface area contributed by atoms with Crippen LogP contribution in [-0.2, 0) is 20.8 Å². The van der Waals surface area contributed by atoms with E-state index in [0.717, 1.165) is 6.42 Å². The number of benzene rings is 1. The predicted octanol–water partition coefficient (Wildman–Crippen LogP) is 0.392. The maximum Gasteiger partial charge on any atom is 0.255 e. The molecule has 2 unspecified atom stereocenters. The van der Waals surface area contributed by atoms with Crippen LogP contribution in [0.2, 0.25) is 0 Å². The minimum absolute atomic E-state index is 0.00634. The molecule has 0 spiro atoms. The summed E-state index contributed by atoms with van der Waals surface area (Å²) in [5.41, 5.74) is 8.92. The molecular weight excluding hydrogens is 468 g/mol. The van der Waals surface area contributed by atoms with E-state index in [4.69, 9.17) is 11.5 Å². The fourth-order valence-electron chi connectivity index (χ4n) is 6.11. The van der Waals surface area contributed by atoms with Crippen LogP contribution in [0.1, 0.15) is 30.9 Å². The van der Waals surface area contributed by atoms with Crippen LogP contribution in [-0.4, -0.2) is 82.1 Å². The second-order valence-electron chi connectivity index (χ2n) is 10.1. The van der Waals surface area contributed by atoms with Gasteiger partial charge in [-0.25, -0.2) is 0 Å². The van der Waals surface area contributed by atoms with Crippen molar-refractivity contribution in [1.82, 2.24) is 4.90 Å². The van der Waals surface area contributed by atoms with Gasteiger partial charge in [0.15, 0.2) is 11.4 Å². The highest BCUT2D eigenvalue weighted by Gasteiger charge is 2.64. The number of likely N-dealkylation sites (N-methyl/N-ethyl adjacent to an activating group) is 1. The Bertz CT molecular complexity index is 1250. The van der Waals surface area contributed by atoms with Crippen LogP contribution in [0.25, 0.3) is 5.76 Å². The van der Waals surface area contributed by atoms with Gasteiger partial charge in [0.1, 0.15) is 22.8 Å². The summed E-state index contributed by atoms with van der Waals surface area (Å²) in [6, 6.07) is 0.494. The fraction of sp³-hybridized carbons (Fsp3) is 0.480. The number of aromatic hydroxyl groups is 1. The maximum absolute atomic E-state index is 13.8. The first-order valence-electron chi connectivity index (χ1n) is 11.8. The summed E-state index contributed by atoms with van der Waals surface area (Å²) in [4.78, 5) is 42.4. The minimum atomic E-state index is -2.66. The van der Waals surface area contributed by atoms with Gasteiger partial charge in [-0.1, -0.05) is 6.92 Å². The lowest BCUT2D eigenvalue weighted by molar-refractivity contribution is -0.153. The number of rotatable bonds is 5. The summed E-state index contributed by atoms with van der Waals surface area (Å²) >= 11 is 0. The Balaban J connectivity index is 1.98. The molecule has 0 saturated heterocycles. The topological polar surface area (TPSA) is 191 Å². The molecular formula is C25H32N4O7. The highest BCUT2D eigenvalue weighted by Crippen LogP contribution is 2.54. The summed E-state index contributed by atoms with van der Waals surface area (Å²) in [7, 11) is 4.98. The van der Waals surface area contributed by atoms with E-state index in [9.17, 15) is 34.8 Å². The molecule has 0 radical (unpaired) electrons. The van der Waals surface area contributed by atoms with Gasteiger partial charge in [-0.3, -0.25) is 19.3 Å². The van der Waals surface area contributed by atoms with Gasteiger partial charge in [-0.15, -0.1) is 0 Å². The zero-order valence-electron chi connectivity index (χ0n) is 20.7. The number of ketones is 2. The molecule has 4 rings (SSSR count). The number of Topliss-reactive ketones (excluding diaryl/α,β-unsaturated/α-hetero) is 2. The van der Waals surface area contributed by atoms with Crippen LogP contribution in [0, 0.1) is 11.8 Å². The smallest absolute Gasteiger partial charge is 0.255 e. The van der Waals surface area contributed by atoms with Crippen LogP contribution in [0.3, 0.4) is 0 Å². The standard InChI is InChI=1S/C25H32N4O7/c1-5-6-29(4)14-9-13(26)19(30)16-11(14)7-10-8-12-18(28(2)3)21(32)17(24(27)35)23(34)25(12,36)22(33)15(10)20(16)31/h9-10,12,18,30-31,34,36H,5-8,26H2,1-4H3,(H2,27,35)/t10?,12?,18-,25-/m0/s1. The summed E-state index contributed by atoms with van der Waals surface area (Å²) in [5, 5.41) is 44.6. The van der Waals surface area contributed by atoms with E-state index in [0.29, 0.717) is 17.8 Å². The van der Waals surface area contributed by atoms with Gasteiger partial charge in [0.05, 0.1) is 17.3 Å². The Kier molecular flexibility index (Phi) is 6.04. The van der Waals surface area contributed by atoms with Crippen LogP contribution in [0.5, 0.6) is 5.75 Å². The van der Waals surface area contributed by atoms with Gasteiger partial charge in [0.25, 0.3) is 5.91 Å². The number of nitrogens with two attached hydrogens (primary N) is 2. The van der Waals surface area contributed by atoms with E-state index in [-0.39, 0.29) is 29.7 Å². The Hall–Kier alpha value is -3.57. The molecule has 0 bridgehead atoms. The third kappa shape index (κ3) is 3.30. The summed E-state index contributed by atoms with van der Waals surface area (Å²) in [5.74, 6) is -6.91. The number of hydrogen-bond donors (Lipinski definition) is 6. The highest BCUT2D eigenvalue weighted by molar-refractivity contribution is 6.24. The molecule has 0 aliphatic heterocycles. The molecule has 1 amide bonds. The predicted molar refractivity (Wildman–Crippen MR) is 132 cm³/mol. The molecule has 1 fully saturated rings. The molecule has 1 aromatic carbocycles. The first-order chi connectivity index (χ1) is 16.8. The minimum Gasteiger partial charge on any atom is -0.508 e. The van der Waals surface area contributed by atoms with Crippen LogP contribution < -0.4 is 16.4 Å². The molecule has 3 aliphatic carbocycles. The van der Waals surface area contributed by atoms with Crippen LogP contribution in [0.4, 0.5) is 11.4 Å². The van der Waals surface area contributed by atoms with Crippen molar-refractivity contribution in [1.29, 1.82) is 0 Å². The highest BCUT2D eigenvalue weighted by atomic mass is 16.3. The monoisotopic (exact) mass is 500 g/mol. The van der Waals surface area contributed by atoms with Gasteiger partial charge in [0.2, 0.25) is 5.78 Å². The molecule has 1 saturated carbocycles. The lowest BCUT2D eigenvalue weighted by Gasteiger charge is -2.50. The van der Waals surface area contributed by atoms with Gasteiger partial charge >= 0.3 is 0 Å². The number of aliphatic hydroxyl groups excluding tert-OH is 2. The van der Waals surface area contributed by atoms with Crippen molar-refractivity contribution >= 4 is 34.6 Å². The van der Waals surface area contributed by atoms with Crippen molar-refractivity contribution in [2.75, 3.05) is 38.3 Å². The van der Waals surface area contributed by atoms with E-state index in [1.807, 2.05) is 18.9 Å². The SMILES string of the molecule is CCCN(C)c1cc(N)c(O)c2c1CC1CC3[C@H](N(C)C)C(=O)C(C(N)=O)=C(O)[C@@]3(O)C(=O)C1=C2O.